The van der Waals surface area contributed by atoms with E-state index < -0.39 is 12.1 Å². The minimum atomic E-state index is -5.08. The van der Waals surface area contributed by atoms with Crippen molar-refractivity contribution < 1.29 is 37.4 Å². The maximum absolute atomic E-state index is 13.2. The maximum Gasteiger partial charge on any atom is 0.490 e. The number of likely N-dealkylation sites (tertiary alicyclic amines) is 3. The minimum absolute atomic E-state index is 0.0342. The summed E-state index contributed by atoms with van der Waals surface area (Å²) >= 11 is 0. The number of hydrogen-bond donors (Lipinski definition) is 1. The fraction of sp³-hybridized carbons (Fsp3) is 0.481. The lowest BCUT2D eigenvalue weighted by Gasteiger charge is -2.46. The van der Waals surface area contributed by atoms with E-state index in [1.807, 2.05) is 47.3 Å². The van der Waals surface area contributed by atoms with E-state index in [2.05, 4.69) is 16.0 Å². The van der Waals surface area contributed by atoms with Crippen molar-refractivity contribution in [2.75, 3.05) is 40.3 Å². The van der Waals surface area contributed by atoms with Gasteiger partial charge in [-0.2, -0.15) is 13.2 Å². The number of aliphatic carboxylic acids is 1. The van der Waals surface area contributed by atoms with Gasteiger partial charge in [0.2, 0.25) is 5.91 Å². The summed E-state index contributed by atoms with van der Waals surface area (Å²) in [6, 6.07) is 11.4. The van der Waals surface area contributed by atoms with E-state index in [1.54, 1.807) is 19.4 Å². The number of ether oxygens (including phenoxy) is 1. The van der Waals surface area contributed by atoms with Gasteiger partial charge in [-0.1, -0.05) is 12.1 Å². The summed E-state index contributed by atoms with van der Waals surface area (Å²) in [6.45, 7) is 3.88. The van der Waals surface area contributed by atoms with Crippen LogP contribution in [0.2, 0.25) is 0 Å². The molecule has 2 atom stereocenters. The summed E-state index contributed by atoms with van der Waals surface area (Å²) < 4.78 is 37.0. The molecule has 9 nitrogen and oxygen atoms in total. The number of hydrogen-bond acceptors (Lipinski definition) is 6. The Kier molecular flexibility index (Phi) is 8.15. The first-order chi connectivity index (χ1) is 18.5. The second-order valence-corrected chi connectivity index (χ2v) is 10.1. The Bertz CT molecular complexity index is 1200. The third-order valence-corrected chi connectivity index (χ3v) is 8.01. The summed E-state index contributed by atoms with van der Waals surface area (Å²) in [5.74, 6) is -1.41. The van der Waals surface area contributed by atoms with E-state index in [0.29, 0.717) is 30.3 Å². The molecule has 1 aromatic heterocycles. The first kappa shape index (κ1) is 28.3. The van der Waals surface area contributed by atoms with Crippen molar-refractivity contribution in [3.63, 3.8) is 0 Å². The molecule has 0 saturated carbocycles. The number of nitrogens with zero attached hydrogens (tertiary/aromatic N) is 4. The molecule has 12 heteroatoms. The molecule has 0 radical (unpaired) electrons. The van der Waals surface area contributed by atoms with Gasteiger partial charge in [0, 0.05) is 63.6 Å². The van der Waals surface area contributed by atoms with Crippen LogP contribution >= 0.6 is 0 Å². The van der Waals surface area contributed by atoms with E-state index in [9.17, 15) is 22.8 Å². The van der Waals surface area contributed by atoms with Gasteiger partial charge in [-0.3, -0.25) is 19.5 Å². The number of fused-ring (bicyclic) bond motifs is 2. The van der Waals surface area contributed by atoms with Crippen LogP contribution in [0.3, 0.4) is 0 Å². The lowest BCUT2D eigenvalue weighted by molar-refractivity contribution is -0.192. The Hall–Kier alpha value is -3.67. The summed E-state index contributed by atoms with van der Waals surface area (Å²) in [5, 5.41) is 7.12. The van der Waals surface area contributed by atoms with Crippen molar-refractivity contribution in [1.82, 2.24) is 19.7 Å². The van der Waals surface area contributed by atoms with Crippen LogP contribution in [0.25, 0.3) is 0 Å². The highest BCUT2D eigenvalue weighted by atomic mass is 19.4. The van der Waals surface area contributed by atoms with Gasteiger partial charge < -0.3 is 19.6 Å². The number of alkyl halides is 3. The first-order valence-corrected chi connectivity index (χ1v) is 12.6. The number of amides is 2. The second kappa shape index (κ2) is 11.2. The molecule has 39 heavy (non-hydrogen) atoms. The average molecular weight is 549 g/mol. The summed E-state index contributed by atoms with van der Waals surface area (Å²) in [7, 11) is 3.57. The smallest absolute Gasteiger partial charge is 0.490 e. The second-order valence-electron chi connectivity index (χ2n) is 10.1. The fourth-order valence-electron chi connectivity index (χ4n) is 6.02. The van der Waals surface area contributed by atoms with Crippen LogP contribution < -0.4 is 4.74 Å². The average Bonchev–Trinajstić information content (AvgIpc) is 3.42. The van der Waals surface area contributed by atoms with E-state index >= 15 is 0 Å². The standard InChI is InChI=1S/C25H30N4O3.C2HF3O2/c1-27-24(31)21-16-28(15-18-5-4-10-26-14-18)17-22(21)25(27)8-11-29(12-9-25)23(30)19-6-3-7-20(13-19)32-2;3-2(4,5)1(6)7/h3-7,10,13-14,21-22H,8-9,11-12,15-17H2,1-2H3;(H,6,7)/t21-,22+;/m0./s1. The van der Waals surface area contributed by atoms with Gasteiger partial charge in [-0.25, -0.2) is 4.79 Å². The lowest BCUT2D eigenvalue weighted by Crippen LogP contribution is -2.56. The van der Waals surface area contributed by atoms with Gasteiger partial charge >= 0.3 is 12.1 Å². The Labute approximate surface area is 224 Å². The van der Waals surface area contributed by atoms with Gasteiger partial charge in [0.25, 0.3) is 5.91 Å². The normalized spacial score (nSPS) is 22.3. The van der Waals surface area contributed by atoms with E-state index in [-0.39, 0.29) is 23.3 Å². The monoisotopic (exact) mass is 548 g/mol. The maximum atomic E-state index is 13.2. The zero-order valence-corrected chi connectivity index (χ0v) is 21.7. The predicted molar refractivity (Wildman–Crippen MR) is 134 cm³/mol. The van der Waals surface area contributed by atoms with Crippen molar-refractivity contribution in [2.24, 2.45) is 11.8 Å². The molecule has 4 heterocycles. The topological polar surface area (TPSA) is 103 Å². The zero-order chi connectivity index (χ0) is 28.4. The molecule has 3 fully saturated rings. The number of carboxylic acids is 1. The number of halogens is 3. The highest BCUT2D eigenvalue weighted by Gasteiger charge is 2.60. The highest BCUT2D eigenvalue weighted by molar-refractivity contribution is 5.94. The van der Waals surface area contributed by atoms with Crippen LogP contribution in [0.15, 0.2) is 48.8 Å². The fourth-order valence-corrected chi connectivity index (χ4v) is 6.02. The van der Waals surface area contributed by atoms with Crippen LogP contribution in [0.1, 0.15) is 28.8 Å². The van der Waals surface area contributed by atoms with Gasteiger partial charge in [0.15, 0.2) is 0 Å². The number of pyridine rings is 1. The van der Waals surface area contributed by atoms with Crippen LogP contribution in [0, 0.1) is 11.8 Å². The molecule has 0 bridgehead atoms. The van der Waals surface area contributed by atoms with E-state index in [1.165, 1.54) is 5.56 Å². The van der Waals surface area contributed by atoms with Crippen LogP contribution in [-0.4, -0.2) is 94.6 Å². The molecule has 2 aromatic rings. The molecule has 5 rings (SSSR count). The lowest BCUT2D eigenvalue weighted by atomic mass is 9.75. The molecular weight excluding hydrogens is 517 g/mol. The Morgan fingerprint density at radius 1 is 1.15 bits per heavy atom. The number of piperidine rings is 1. The number of carboxylic acid groups (broad SMARTS) is 1. The number of carbonyl (C=O) groups excluding carboxylic acids is 2. The predicted octanol–water partition coefficient (Wildman–Crippen LogP) is 2.92. The zero-order valence-electron chi connectivity index (χ0n) is 21.7. The Balaban J connectivity index is 0.000000448. The van der Waals surface area contributed by atoms with E-state index in [4.69, 9.17) is 14.6 Å². The van der Waals surface area contributed by atoms with Gasteiger partial charge in [-0.15, -0.1) is 0 Å². The van der Waals surface area contributed by atoms with Crippen molar-refractivity contribution in [2.45, 2.75) is 31.1 Å². The third-order valence-electron chi connectivity index (χ3n) is 8.01. The van der Waals surface area contributed by atoms with Crippen molar-refractivity contribution in [3.8, 4) is 5.75 Å². The number of methoxy groups -OCH3 is 1. The number of rotatable bonds is 4. The largest absolute Gasteiger partial charge is 0.497 e. The third kappa shape index (κ3) is 5.85. The molecular formula is C27H31F3N4O5. The van der Waals surface area contributed by atoms with E-state index in [0.717, 1.165) is 32.5 Å². The van der Waals surface area contributed by atoms with Crippen molar-refractivity contribution >= 4 is 17.8 Å². The number of benzene rings is 1. The van der Waals surface area contributed by atoms with Crippen LogP contribution in [-0.2, 0) is 16.1 Å². The molecule has 0 aliphatic carbocycles. The number of aromatic nitrogens is 1. The molecule has 1 N–H and O–H groups in total. The van der Waals surface area contributed by atoms with Crippen LogP contribution in [0.5, 0.6) is 5.75 Å². The van der Waals surface area contributed by atoms with Gasteiger partial charge in [0.05, 0.1) is 18.6 Å². The molecule has 1 aromatic carbocycles. The molecule has 0 unspecified atom stereocenters. The quantitative estimate of drug-likeness (QED) is 0.627. The summed E-state index contributed by atoms with van der Waals surface area (Å²) in [6.07, 6.45) is 0.260. The number of carbonyl (C=O) groups is 3. The molecule has 210 valence electrons. The van der Waals surface area contributed by atoms with Gasteiger partial charge in [0.1, 0.15) is 5.75 Å². The van der Waals surface area contributed by atoms with Gasteiger partial charge in [-0.05, 0) is 42.7 Å². The molecule has 1 spiro atoms. The SMILES string of the molecule is COc1cccc(C(=O)N2CCC3(CC2)[C@@H]2CN(Cc4cccnc4)C[C@@H]2C(=O)N3C)c1.O=C(O)C(F)(F)F. The molecule has 3 aliphatic heterocycles. The molecule has 3 aliphatic rings. The Morgan fingerprint density at radius 2 is 1.85 bits per heavy atom. The summed E-state index contributed by atoms with van der Waals surface area (Å²) in [4.78, 5) is 45.7. The summed E-state index contributed by atoms with van der Waals surface area (Å²) in [5.41, 5.74) is 1.68. The first-order valence-electron chi connectivity index (χ1n) is 12.6. The molecule has 2 amide bonds. The van der Waals surface area contributed by atoms with Crippen molar-refractivity contribution in [3.05, 3.63) is 59.9 Å². The van der Waals surface area contributed by atoms with Crippen molar-refractivity contribution in [1.29, 1.82) is 0 Å². The Morgan fingerprint density at radius 3 is 2.44 bits per heavy atom. The highest BCUT2D eigenvalue weighted by Crippen LogP contribution is 2.49. The minimum Gasteiger partial charge on any atom is -0.497 e. The van der Waals surface area contributed by atoms with Crippen LogP contribution in [0.4, 0.5) is 13.2 Å². The molecule has 3 saturated heterocycles.